The standard InChI is InChI=1S/C27H21ClN2O4S/c1-3-34-19-10-8-16(9-11-19)24(31)22-23(17-5-4-6-18(28)14-17)30(26(33)25(22)32)27-29-20-12-7-15(2)13-21(20)35-27/h4-14,23,31H,3H2,1-2H3/b24-22+. The Bertz CT molecular complexity index is 1490. The summed E-state index contributed by atoms with van der Waals surface area (Å²) in [7, 11) is 0. The first kappa shape index (κ1) is 23.1. The van der Waals surface area contributed by atoms with Crippen LogP contribution in [0.25, 0.3) is 16.0 Å². The molecular weight excluding hydrogens is 484 g/mol. The molecule has 0 saturated carbocycles. The number of Topliss-reactive ketones (excluding diaryl/α,β-unsaturated/α-hetero) is 1. The van der Waals surface area contributed by atoms with E-state index in [-0.39, 0.29) is 11.3 Å². The number of benzene rings is 3. The third kappa shape index (κ3) is 4.17. The van der Waals surface area contributed by atoms with E-state index >= 15 is 0 Å². The topological polar surface area (TPSA) is 79.7 Å². The van der Waals surface area contributed by atoms with Crippen LogP contribution in [0.1, 0.15) is 29.7 Å². The first-order chi connectivity index (χ1) is 16.9. The second kappa shape index (κ2) is 9.17. The van der Waals surface area contributed by atoms with Gasteiger partial charge in [0.05, 0.1) is 28.4 Å². The van der Waals surface area contributed by atoms with Gasteiger partial charge in [0.1, 0.15) is 11.5 Å². The third-order valence-corrected chi connectivity index (χ3v) is 7.04. The molecule has 2 heterocycles. The Morgan fingerprint density at radius 1 is 1.11 bits per heavy atom. The predicted molar refractivity (Wildman–Crippen MR) is 138 cm³/mol. The monoisotopic (exact) mass is 504 g/mol. The molecule has 3 aromatic carbocycles. The summed E-state index contributed by atoms with van der Waals surface area (Å²) in [5, 5.41) is 12.1. The van der Waals surface area contributed by atoms with Crippen molar-refractivity contribution in [3.63, 3.8) is 0 Å². The maximum atomic E-state index is 13.3. The van der Waals surface area contributed by atoms with Gasteiger partial charge < -0.3 is 9.84 Å². The molecule has 0 bridgehead atoms. The molecule has 1 aromatic heterocycles. The summed E-state index contributed by atoms with van der Waals surface area (Å²) < 4.78 is 6.37. The highest BCUT2D eigenvalue weighted by atomic mass is 35.5. The lowest BCUT2D eigenvalue weighted by atomic mass is 9.95. The highest BCUT2D eigenvalue weighted by Crippen LogP contribution is 2.44. The summed E-state index contributed by atoms with van der Waals surface area (Å²) in [6, 6.07) is 18.6. The largest absolute Gasteiger partial charge is 0.507 e. The molecule has 1 atom stereocenters. The molecule has 1 N–H and O–H groups in total. The molecule has 1 aliphatic heterocycles. The Morgan fingerprint density at radius 3 is 2.60 bits per heavy atom. The molecule has 1 saturated heterocycles. The van der Waals surface area contributed by atoms with Crippen molar-refractivity contribution < 1.29 is 19.4 Å². The van der Waals surface area contributed by atoms with E-state index in [0.29, 0.717) is 33.6 Å². The van der Waals surface area contributed by atoms with Crippen molar-refractivity contribution in [2.75, 3.05) is 11.5 Å². The van der Waals surface area contributed by atoms with Gasteiger partial charge in [0, 0.05) is 10.6 Å². The van der Waals surface area contributed by atoms with Crippen LogP contribution < -0.4 is 9.64 Å². The summed E-state index contributed by atoms with van der Waals surface area (Å²) in [6.45, 7) is 4.37. The van der Waals surface area contributed by atoms with Gasteiger partial charge in [-0.05, 0) is 73.5 Å². The highest BCUT2D eigenvalue weighted by Gasteiger charge is 2.48. The van der Waals surface area contributed by atoms with Gasteiger partial charge in [0.25, 0.3) is 5.78 Å². The Balaban J connectivity index is 1.69. The van der Waals surface area contributed by atoms with Crippen molar-refractivity contribution >= 4 is 55.7 Å². The molecule has 176 valence electrons. The van der Waals surface area contributed by atoms with Crippen LogP contribution in [0.2, 0.25) is 5.02 Å². The second-order valence-electron chi connectivity index (χ2n) is 8.15. The number of nitrogens with zero attached hydrogens (tertiary/aromatic N) is 2. The SMILES string of the molecule is CCOc1ccc(/C(O)=C2\C(=O)C(=O)N(c3nc4ccc(C)cc4s3)C2c2cccc(Cl)c2)cc1. The average molecular weight is 505 g/mol. The maximum absolute atomic E-state index is 13.3. The van der Waals surface area contributed by atoms with E-state index in [0.717, 1.165) is 15.8 Å². The zero-order chi connectivity index (χ0) is 24.7. The van der Waals surface area contributed by atoms with Crippen molar-refractivity contribution in [3.05, 3.63) is 94.0 Å². The molecule has 5 rings (SSSR count). The van der Waals surface area contributed by atoms with Gasteiger partial charge in [-0.1, -0.05) is 41.1 Å². The van der Waals surface area contributed by atoms with Gasteiger partial charge in [-0.2, -0.15) is 0 Å². The van der Waals surface area contributed by atoms with Crippen molar-refractivity contribution in [2.45, 2.75) is 19.9 Å². The maximum Gasteiger partial charge on any atom is 0.301 e. The number of carbonyl (C=O) groups excluding carboxylic acids is 2. The zero-order valence-electron chi connectivity index (χ0n) is 19.0. The molecule has 0 radical (unpaired) electrons. The fourth-order valence-electron chi connectivity index (χ4n) is 4.18. The highest BCUT2D eigenvalue weighted by molar-refractivity contribution is 7.22. The number of hydrogen-bond donors (Lipinski definition) is 1. The number of aliphatic hydroxyl groups is 1. The third-order valence-electron chi connectivity index (χ3n) is 5.79. The number of ketones is 1. The molecule has 1 unspecified atom stereocenters. The van der Waals surface area contributed by atoms with Crippen molar-refractivity contribution in [2.24, 2.45) is 0 Å². The number of fused-ring (bicyclic) bond motifs is 1. The first-order valence-corrected chi connectivity index (χ1v) is 12.2. The Morgan fingerprint density at radius 2 is 1.89 bits per heavy atom. The Hall–Kier alpha value is -3.68. The lowest BCUT2D eigenvalue weighted by Gasteiger charge is -2.23. The fourth-order valence-corrected chi connectivity index (χ4v) is 5.46. The average Bonchev–Trinajstić information content (AvgIpc) is 3.37. The Labute approximate surface area is 211 Å². The summed E-state index contributed by atoms with van der Waals surface area (Å²) in [5.41, 5.74) is 2.78. The molecule has 8 heteroatoms. The van der Waals surface area contributed by atoms with E-state index in [4.69, 9.17) is 16.3 Å². The van der Waals surface area contributed by atoms with Gasteiger partial charge >= 0.3 is 5.91 Å². The minimum Gasteiger partial charge on any atom is -0.507 e. The molecule has 4 aromatic rings. The summed E-state index contributed by atoms with van der Waals surface area (Å²) in [5.74, 6) is -1.16. The van der Waals surface area contributed by atoms with Crippen LogP contribution in [0.3, 0.4) is 0 Å². The number of anilines is 1. The fraction of sp³-hybridized carbons (Fsp3) is 0.148. The second-order valence-corrected chi connectivity index (χ2v) is 9.59. The van der Waals surface area contributed by atoms with Crippen LogP contribution in [-0.2, 0) is 9.59 Å². The molecule has 1 aliphatic rings. The summed E-state index contributed by atoms with van der Waals surface area (Å²) >= 11 is 7.59. The van der Waals surface area contributed by atoms with Gasteiger partial charge in [-0.25, -0.2) is 4.98 Å². The number of hydrogen-bond acceptors (Lipinski definition) is 6. The molecule has 6 nitrogen and oxygen atoms in total. The number of ether oxygens (including phenoxy) is 1. The minimum absolute atomic E-state index is 0.0168. The van der Waals surface area contributed by atoms with E-state index in [1.807, 2.05) is 32.0 Å². The first-order valence-electron chi connectivity index (χ1n) is 11.0. The number of aromatic nitrogens is 1. The number of halogens is 1. The van der Waals surface area contributed by atoms with Crippen LogP contribution in [0.15, 0.2) is 72.3 Å². The zero-order valence-corrected chi connectivity index (χ0v) is 20.6. The number of aliphatic hydroxyl groups excluding tert-OH is 1. The summed E-state index contributed by atoms with van der Waals surface area (Å²) in [6.07, 6.45) is 0. The quantitative estimate of drug-likeness (QED) is 0.196. The van der Waals surface area contributed by atoms with Crippen molar-refractivity contribution in [1.29, 1.82) is 0 Å². The lowest BCUT2D eigenvalue weighted by Crippen LogP contribution is -2.29. The van der Waals surface area contributed by atoms with Gasteiger partial charge in [-0.3, -0.25) is 14.5 Å². The molecule has 1 amide bonds. The minimum atomic E-state index is -0.887. The van der Waals surface area contributed by atoms with E-state index < -0.39 is 17.7 Å². The lowest BCUT2D eigenvalue weighted by molar-refractivity contribution is -0.132. The molecule has 0 aliphatic carbocycles. The smallest absolute Gasteiger partial charge is 0.301 e. The van der Waals surface area contributed by atoms with Crippen LogP contribution in [0.4, 0.5) is 5.13 Å². The number of aryl methyl sites for hydroxylation is 1. The van der Waals surface area contributed by atoms with Crippen LogP contribution in [-0.4, -0.2) is 28.4 Å². The number of carbonyl (C=O) groups is 2. The van der Waals surface area contributed by atoms with E-state index in [9.17, 15) is 14.7 Å². The number of amides is 1. The normalized spacial score (nSPS) is 17.3. The van der Waals surface area contributed by atoms with Gasteiger partial charge in [0.15, 0.2) is 5.13 Å². The van der Waals surface area contributed by atoms with Gasteiger partial charge in [0.2, 0.25) is 0 Å². The Kier molecular flexibility index (Phi) is 6.05. The van der Waals surface area contributed by atoms with Crippen LogP contribution in [0, 0.1) is 6.92 Å². The van der Waals surface area contributed by atoms with Crippen LogP contribution >= 0.6 is 22.9 Å². The summed E-state index contributed by atoms with van der Waals surface area (Å²) in [4.78, 5) is 32.7. The van der Waals surface area contributed by atoms with E-state index in [2.05, 4.69) is 4.98 Å². The van der Waals surface area contributed by atoms with Crippen molar-refractivity contribution in [3.8, 4) is 5.75 Å². The molecule has 1 fully saturated rings. The number of thiazole rings is 1. The van der Waals surface area contributed by atoms with Crippen LogP contribution in [0.5, 0.6) is 5.75 Å². The van der Waals surface area contributed by atoms with E-state index in [1.165, 1.54) is 16.2 Å². The molecule has 35 heavy (non-hydrogen) atoms. The number of rotatable bonds is 5. The van der Waals surface area contributed by atoms with Gasteiger partial charge in [-0.15, -0.1) is 0 Å². The van der Waals surface area contributed by atoms with Crippen molar-refractivity contribution in [1.82, 2.24) is 4.98 Å². The molecular formula is C27H21ClN2O4S. The van der Waals surface area contributed by atoms with E-state index in [1.54, 1.807) is 48.5 Å². The predicted octanol–water partition coefficient (Wildman–Crippen LogP) is 6.28. The molecule has 0 spiro atoms.